The van der Waals surface area contributed by atoms with Gasteiger partial charge >= 0.3 is 0 Å². The van der Waals surface area contributed by atoms with Crippen molar-refractivity contribution in [3.8, 4) is 11.1 Å². The minimum absolute atomic E-state index is 0.0341. The van der Waals surface area contributed by atoms with Crippen LogP contribution in [0.15, 0.2) is 42.6 Å². The number of nitrogens with one attached hydrogen (secondary N) is 1. The SMILES string of the molecule is Cc1cc(-c2ccc(C(=O)NC[C@@H]3CCN(C4CCCC4)C3)cc2)ccn1. The number of nitrogens with zero attached hydrogens (tertiary/aromatic N) is 2. The lowest BCUT2D eigenvalue weighted by molar-refractivity contribution is 0.0947. The lowest BCUT2D eigenvalue weighted by atomic mass is 10.0. The number of benzene rings is 1. The summed E-state index contributed by atoms with van der Waals surface area (Å²) >= 11 is 0. The van der Waals surface area contributed by atoms with Gasteiger partial charge < -0.3 is 10.2 Å². The zero-order valence-electron chi connectivity index (χ0n) is 16.2. The first-order chi connectivity index (χ1) is 13.2. The minimum atomic E-state index is 0.0341. The van der Waals surface area contributed by atoms with Gasteiger partial charge in [-0.3, -0.25) is 9.78 Å². The highest BCUT2D eigenvalue weighted by atomic mass is 16.1. The van der Waals surface area contributed by atoms with Crippen LogP contribution < -0.4 is 5.32 Å². The summed E-state index contributed by atoms with van der Waals surface area (Å²) in [7, 11) is 0. The maximum absolute atomic E-state index is 12.5. The highest BCUT2D eigenvalue weighted by Crippen LogP contribution is 2.28. The molecule has 1 aromatic carbocycles. The quantitative estimate of drug-likeness (QED) is 0.872. The molecule has 2 aromatic rings. The molecule has 1 aliphatic carbocycles. The van der Waals surface area contributed by atoms with Crippen LogP contribution in [0.5, 0.6) is 0 Å². The minimum Gasteiger partial charge on any atom is -0.352 e. The van der Waals surface area contributed by atoms with Crippen molar-refractivity contribution in [1.29, 1.82) is 0 Å². The molecule has 2 fully saturated rings. The van der Waals surface area contributed by atoms with Crippen LogP contribution in [-0.4, -0.2) is 41.5 Å². The Kier molecular flexibility index (Phi) is 5.53. The Hall–Kier alpha value is -2.20. The number of aromatic nitrogens is 1. The largest absolute Gasteiger partial charge is 0.352 e. The van der Waals surface area contributed by atoms with E-state index in [1.807, 2.05) is 43.5 Å². The number of aryl methyl sites for hydroxylation is 1. The second-order valence-electron chi connectivity index (χ2n) is 8.06. The van der Waals surface area contributed by atoms with Gasteiger partial charge in [-0.2, -0.15) is 0 Å². The van der Waals surface area contributed by atoms with E-state index < -0.39 is 0 Å². The molecule has 1 saturated heterocycles. The van der Waals surface area contributed by atoms with Gasteiger partial charge in [0.1, 0.15) is 0 Å². The maximum Gasteiger partial charge on any atom is 0.251 e. The highest BCUT2D eigenvalue weighted by molar-refractivity contribution is 5.94. The Bertz CT molecular complexity index is 780. The molecule has 1 atom stereocenters. The van der Waals surface area contributed by atoms with Gasteiger partial charge in [0, 0.05) is 36.6 Å². The van der Waals surface area contributed by atoms with Crippen molar-refractivity contribution < 1.29 is 4.79 Å². The van der Waals surface area contributed by atoms with Gasteiger partial charge in [-0.15, -0.1) is 0 Å². The predicted octanol–water partition coefficient (Wildman–Crippen LogP) is 4.05. The molecule has 27 heavy (non-hydrogen) atoms. The van der Waals surface area contributed by atoms with Crippen molar-refractivity contribution in [2.24, 2.45) is 5.92 Å². The van der Waals surface area contributed by atoms with E-state index >= 15 is 0 Å². The fraction of sp³-hybridized carbons (Fsp3) is 0.478. The van der Waals surface area contributed by atoms with E-state index in [1.165, 1.54) is 38.6 Å². The lowest BCUT2D eigenvalue weighted by Crippen LogP contribution is -2.34. The Morgan fingerprint density at radius 3 is 2.63 bits per heavy atom. The molecule has 2 aliphatic rings. The third-order valence-electron chi connectivity index (χ3n) is 6.09. The van der Waals surface area contributed by atoms with Crippen LogP contribution in [0.1, 0.15) is 48.2 Å². The van der Waals surface area contributed by atoms with Gasteiger partial charge in [-0.05, 0) is 74.0 Å². The van der Waals surface area contributed by atoms with Crippen LogP contribution in [0.3, 0.4) is 0 Å². The molecule has 142 valence electrons. The number of pyridine rings is 1. The van der Waals surface area contributed by atoms with Gasteiger partial charge in [0.2, 0.25) is 0 Å². The molecule has 1 aromatic heterocycles. The summed E-state index contributed by atoms with van der Waals surface area (Å²) in [6, 6.07) is 12.7. The Labute approximate surface area is 162 Å². The van der Waals surface area contributed by atoms with Gasteiger partial charge in [-0.25, -0.2) is 0 Å². The van der Waals surface area contributed by atoms with Crippen LogP contribution in [0.25, 0.3) is 11.1 Å². The van der Waals surface area contributed by atoms with Crippen molar-refractivity contribution >= 4 is 5.91 Å². The molecule has 1 N–H and O–H groups in total. The van der Waals surface area contributed by atoms with Crippen LogP contribution in [0.2, 0.25) is 0 Å². The van der Waals surface area contributed by atoms with Crippen LogP contribution >= 0.6 is 0 Å². The number of amides is 1. The molecule has 1 saturated carbocycles. The summed E-state index contributed by atoms with van der Waals surface area (Å²) in [6.45, 7) is 5.12. The summed E-state index contributed by atoms with van der Waals surface area (Å²) in [5.74, 6) is 0.625. The zero-order valence-corrected chi connectivity index (χ0v) is 16.2. The monoisotopic (exact) mass is 363 g/mol. The maximum atomic E-state index is 12.5. The fourth-order valence-electron chi connectivity index (χ4n) is 4.51. The number of carbonyl (C=O) groups excluding carboxylic acids is 1. The second-order valence-corrected chi connectivity index (χ2v) is 8.06. The summed E-state index contributed by atoms with van der Waals surface area (Å²) in [5, 5.41) is 3.14. The number of carbonyl (C=O) groups is 1. The standard InChI is InChI=1S/C23H29N3O/c1-17-14-21(10-12-24-17)19-6-8-20(9-7-19)23(27)25-15-18-11-13-26(16-18)22-4-2-3-5-22/h6-10,12,14,18,22H,2-5,11,13,15-16H2,1H3,(H,25,27)/t18-/m0/s1. The molecular formula is C23H29N3O. The third kappa shape index (κ3) is 4.38. The van der Waals surface area contributed by atoms with E-state index in [1.54, 1.807) is 0 Å². The van der Waals surface area contributed by atoms with Crippen molar-refractivity contribution in [2.75, 3.05) is 19.6 Å². The predicted molar refractivity (Wildman–Crippen MR) is 109 cm³/mol. The molecular weight excluding hydrogens is 334 g/mol. The van der Waals surface area contributed by atoms with Crippen LogP contribution in [0.4, 0.5) is 0 Å². The van der Waals surface area contributed by atoms with Crippen LogP contribution in [-0.2, 0) is 0 Å². The molecule has 4 rings (SSSR count). The summed E-state index contributed by atoms with van der Waals surface area (Å²) in [6.07, 6.45) is 8.53. The Morgan fingerprint density at radius 1 is 1.11 bits per heavy atom. The van der Waals surface area contributed by atoms with Gasteiger partial charge in [0.05, 0.1) is 0 Å². The summed E-state index contributed by atoms with van der Waals surface area (Å²) < 4.78 is 0. The first kappa shape index (κ1) is 18.2. The van der Waals surface area contributed by atoms with Gasteiger partial charge in [0.25, 0.3) is 5.91 Å². The summed E-state index contributed by atoms with van der Waals surface area (Å²) in [4.78, 5) is 19.4. The average molecular weight is 364 g/mol. The number of rotatable bonds is 5. The highest BCUT2D eigenvalue weighted by Gasteiger charge is 2.29. The number of hydrogen-bond acceptors (Lipinski definition) is 3. The zero-order chi connectivity index (χ0) is 18.6. The number of likely N-dealkylation sites (tertiary alicyclic amines) is 1. The topological polar surface area (TPSA) is 45.2 Å². The lowest BCUT2D eigenvalue weighted by Gasteiger charge is -2.23. The molecule has 4 nitrogen and oxygen atoms in total. The molecule has 0 radical (unpaired) electrons. The van der Waals surface area contributed by atoms with Crippen molar-refractivity contribution in [1.82, 2.24) is 15.2 Å². The first-order valence-electron chi connectivity index (χ1n) is 10.2. The van der Waals surface area contributed by atoms with Gasteiger partial charge in [-0.1, -0.05) is 25.0 Å². The van der Waals surface area contributed by atoms with E-state index in [0.717, 1.165) is 41.5 Å². The summed E-state index contributed by atoms with van der Waals surface area (Å²) in [5.41, 5.74) is 3.97. The molecule has 4 heteroatoms. The fourth-order valence-corrected chi connectivity index (χ4v) is 4.51. The molecule has 1 aliphatic heterocycles. The molecule has 0 bridgehead atoms. The number of hydrogen-bond donors (Lipinski definition) is 1. The second kappa shape index (κ2) is 8.22. The van der Waals surface area contributed by atoms with E-state index in [-0.39, 0.29) is 5.91 Å². The van der Waals surface area contributed by atoms with E-state index in [2.05, 4.69) is 21.3 Å². The molecule has 0 spiro atoms. The van der Waals surface area contributed by atoms with E-state index in [4.69, 9.17) is 0 Å². The van der Waals surface area contributed by atoms with E-state index in [0.29, 0.717) is 5.92 Å². The average Bonchev–Trinajstić information content (AvgIpc) is 3.38. The van der Waals surface area contributed by atoms with E-state index in [9.17, 15) is 4.79 Å². The van der Waals surface area contributed by atoms with Crippen LogP contribution in [0, 0.1) is 12.8 Å². The van der Waals surface area contributed by atoms with Crippen molar-refractivity contribution in [3.05, 3.63) is 53.9 Å². The first-order valence-corrected chi connectivity index (χ1v) is 10.2. The molecule has 1 amide bonds. The Morgan fingerprint density at radius 2 is 1.89 bits per heavy atom. The molecule has 2 heterocycles. The van der Waals surface area contributed by atoms with Crippen molar-refractivity contribution in [3.63, 3.8) is 0 Å². The normalized spacial score (nSPS) is 20.9. The third-order valence-corrected chi connectivity index (χ3v) is 6.09. The smallest absolute Gasteiger partial charge is 0.251 e. The molecule has 0 unspecified atom stereocenters. The van der Waals surface area contributed by atoms with Gasteiger partial charge in [0.15, 0.2) is 0 Å². The van der Waals surface area contributed by atoms with Crippen molar-refractivity contribution in [2.45, 2.75) is 45.1 Å². The Balaban J connectivity index is 1.30.